The quantitative estimate of drug-likeness (QED) is 0.912. The zero-order valence-corrected chi connectivity index (χ0v) is 12.7. The Bertz CT molecular complexity index is 595. The summed E-state index contributed by atoms with van der Waals surface area (Å²) in [6.45, 7) is 6.13. The van der Waals surface area contributed by atoms with Crippen LogP contribution in [0.5, 0.6) is 0 Å². The van der Waals surface area contributed by atoms with Gasteiger partial charge in [-0.2, -0.15) is 4.98 Å². The summed E-state index contributed by atoms with van der Waals surface area (Å²) in [5, 5.41) is 7.36. The Morgan fingerprint density at radius 1 is 1.43 bits per heavy atom. The molecule has 1 atom stereocenters. The summed E-state index contributed by atoms with van der Waals surface area (Å²) in [4.78, 5) is 6.92. The fraction of sp³-hybridized carbons (Fsp3) is 0.500. The van der Waals surface area contributed by atoms with Crippen molar-refractivity contribution in [2.24, 2.45) is 5.92 Å². The molecule has 2 aromatic rings. The molecule has 0 radical (unpaired) electrons. The lowest BCUT2D eigenvalue weighted by Gasteiger charge is -2.13. The topological polar surface area (TPSA) is 54.2 Å². The van der Waals surface area contributed by atoms with Crippen LogP contribution in [0.25, 0.3) is 11.5 Å². The largest absolute Gasteiger partial charge is 0.334 e. The normalized spacial score (nSPS) is 19.2. The number of aryl methyl sites for hydroxylation is 1. The highest BCUT2D eigenvalue weighted by Crippen LogP contribution is 2.20. The monoisotopic (exact) mass is 286 g/mol. The number of hydrogen-bond acceptors (Lipinski definition) is 5. The molecule has 1 N–H and O–H groups in total. The Kier molecular flexibility index (Phi) is 4.31. The van der Waals surface area contributed by atoms with E-state index in [9.17, 15) is 0 Å². The molecule has 1 unspecified atom stereocenters. The van der Waals surface area contributed by atoms with E-state index in [4.69, 9.17) is 4.52 Å². The van der Waals surface area contributed by atoms with Crippen molar-refractivity contribution in [2.75, 3.05) is 26.7 Å². The third-order valence-electron chi connectivity index (χ3n) is 3.96. The lowest BCUT2D eigenvalue weighted by Crippen LogP contribution is -2.24. The molecule has 21 heavy (non-hydrogen) atoms. The van der Waals surface area contributed by atoms with Gasteiger partial charge in [-0.15, -0.1) is 0 Å². The van der Waals surface area contributed by atoms with E-state index < -0.39 is 0 Å². The van der Waals surface area contributed by atoms with Gasteiger partial charge in [0.15, 0.2) is 5.82 Å². The summed E-state index contributed by atoms with van der Waals surface area (Å²) in [7, 11) is 2.01. The molecule has 1 aromatic heterocycles. The first kappa shape index (κ1) is 14.2. The van der Waals surface area contributed by atoms with Gasteiger partial charge in [-0.3, -0.25) is 4.90 Å². The molecule has 0 bridgehead atoms. The van der Waals surface area contributed by atoms with Gasteiger partial charge in [0, 0.05) is 12.1 Å². The first-order chi connectivity index (χ1) is 10.2. The van der Waals surface area contributed by atoms with Gasteiger partial charge in [0.1, 0.15) is 0 Å². The van der Waals surface area contributed by atoms with E-state index >= 15 is 0 Å². The van der Waals surface area contributed by atoms with E-state index in [0.717, 1.165) is 43.5 Å². The molecule has 0 amide bonds. The minimum atomic E-state index is 0.611. The van der Waals surface area contributed by atoms with Crippen molar-refractivity contribution < 1.29 is 4.52 Å². The summed E-state index contributed by atoms with van der Waals surface area (Å²) in [6.07, 6.45) is 1.24. The number of likely N-dealkylation sites (tertiary alicyclic amines) is 1. The second-order valence-corrected chi connectivity index (χ2v) is 5.83. The Morgan fingerprint density at radius 3 is 3.14 bits per heavy atom. The van der Waals surface area contributed by atoms with Gasteiger partial charge >= 0.3 is 0 Å². The van der Waals surface area contributed by atoms with E-state index in [1.807, 2.05) is 19.2 Å². The lowest BCUT2D eigenvalue weighted by molar-refractivity contribution is 0.299. The van der Waals surface area contributed by atoms with Gasteiger partial charge in [-0.05, 0) is 51.5 Å². The summed E-state index contributed by atoms with van der Waals surface area (Å²) in [5.41, 5.74) is 2.19. The van der Waals surface area contributed by atoms with Crippen LogP contribution in [0.3, 0.4) is 0 Å². The number of rotatable bonds is 5. The fourth-order valence-electron chi connectivity index (χ4n) is 2.93. The Hall–Kier alpha value is -1.72. The predicted molar refractivity (Wildman–Crippen MR) is 81.8 cm³/mol. The van der Waals surface area contributed by atoms with Crippen LogP contribution in [0.1, 0.15) is 17.8 Å². The van der Waals surface area contributed by atoms with Crippen LogP contribution in [0, 0.1) is 12.8 Å². The molecular formula is C16H22N4O. The highest BCUT2D eigenvalue weighted by Gasteiger charge is 2.23. The number of benzene rings is 1. The van der Waals surface area contributed by atoms with E-state index in [2.05, 4.69) is 39.4 Å². The second kappa shape index (κ2) is 6.37. The molecule has 2 heterocycles. The zero-order chi connectivity index (χ0) is 14.7. The van der Waals surface area contributed by atoms with Crippen molar-refractivity contribution in [3.63, 3.8) is 0 Å². The number of nitrogens with one attached hydrogen (secondary N) is 1. The summed E-state index contributed by atoms with van der Waals surface area (Å²) < 4.78 is 5.39. The molecule has 1 aliphatic rings. The zero-order valence-electron chi connectivity index (χ0n) is 12.7. The average molecular weight is 286 g/mol. The first-order valence-corrected chi connectivity index (χ1v) is 7.51. The summed E-state index contributed by atoms with van der Waals surface area (Å²) in [6, 6.07) is 8.14. The van der Waals surface area contributed by atoms with Crippen molar-refractivity contribution in [2.45, 2.75) is 19.9 Å². The molecule has 0 saturated carbocycles. The summed E-state index contributed by atoms with van der Waals surface area (Å²) >= 11 is 0. The molecule has 5 heteroatoms. The highest BCUT2D eigenvalue weighted by atomic mass is 16.5. The van der Waals surface area contributed by atoms with Crippen LogP contribution in [-0.4, -0.2) is 41.7 Å². The van der Waals surface area contributed by atoms with Crippen LogP contribution < -0.4 is 5.32 Å². The van der Waals surface area contributed by atoms with Crippen LogP contribution in [0.15, 0.2) is 28.8 Å². The fourth-order valence-corrected chi connectivity index (χ4v) is 2.93. The molecule has 1 aliphatic heterocycles. The number of aromatic nitrogens is 2. The molecule has 1 aromatic carbocycles. The second-order valence-electron chi connectivity index (χ2n) is 5.83. The Balaban J connectivity index is 1.63. The van der Waals surface area contributed by atoms with Gasteiger partial charge in [0.25, 0.3) is 5.89 Å². The molecular weight excluding hydrogens is 264 g/mol. The predicted octanol–water partition coefficient (Wildman–Crippen LogP) is 2.09. The van der Waals surface area contributed by atoms with Crippen LogP contribution >= 0.6 is 0 Å². The smallest absolute Gasteiger partial charge is 0.257 e. The van der Waals surface area contributed by atoms with Crippen molar-refractivity contribution in [1.29, 1.82) is 0 Å². The Morgan fingerprint density at radius 2 is 2.33 bits per heavy atom. The van der Waals surface area contributed by atoms with Crippen molar-refractivity contribution in [3.8, 4) is 11.5 Å². The number of hydrogen-bond donors (Lipinski definition) is 1. The lowest BCUT2D eigenvalue weighted by atomic mass is 10.1. The van der Waals surface area contributed by atoms with E-state index in [-0.39, 0.29) is 0 Å². The van der Waals surface area contributed by atoms with Crippen LogP contribution in [0.4, 0.5) is 0 Å². The minimum absolute atomic E-state index is 0.611. The Labute approximate surface area is 125 Å². The van der Waals surface area contributed by atoms with Gasteiger partial charge in [0.05, 0.1) is 6.54 Å². The van der Waals surface area contributed by atoms with E-state index in [1.165, 1.54) is 12.0 Å². The van der Waals surface area contributed by atoms with E-state index in [1.54, 1.807) is 0 Å². The van der Waals surface area contributed by atoms with E-state index in [0.29, 0.717) is 5.89 Å². The average Bonchev–Trinajstić information content (AvgIpc) is 3.10. The molecule has 1 saturated heterocycles. The third-order valence-corrected chi connectivity index (χ3v) is 3.96. The molecule has 0 spiro atoms. The third kappa shape index (κ3) is 3.49. The maximum atomic E-state index is 5.39. The molecule has 1 fully saturated rings. The number of nitrogens with zero attached hydrogens (tertiary/aromatic N) is 3. The molecule has 0 aliphatic carbocycles. The van der Waals surface area contributed by atoms with Gasteiger partial charge in [0.2, 0.25) is 0 Å². The maximum Gasteiger partial charge on any atom is 0.257 e. The summed E-state index contributed by atoms with van der Waals surface area (Å²) in [5.74, 6) is 2.12. The van der Waals surface area contributed by atoms with Gasteiger partial charge < -0.3 is 9.84 Å². The van der Waals surface area contributed by atoms with Gasteiger partial charge in [-0.1, -0.05) is 22.9 Å². The molecule has 3 rings (SSSR count). The van der Waals surface area contributed by atoms with Crippen LogP contribution in [0.2, 0.25) is 0 Å². The highest BCUT2D eigenvalue weighted by molar-refractivity contribution is 5.53. The van der Waals surface area contributed by atoms with Crippen molar-refractivity contribution >= 4 is 0 Å². The van der Waals surface area contributed by atoms with Crippen LogP contribution in [-0.2, 0) is 6.54 Å². The van der Waals surface area contributed by atoms with Crippen molar-refractivity contribution in [3.05, 3.63) is 35.7 Å². The first-order valence-electron chi connectivity index (χ1n) is 7.51. The molecule has 112 valence electrons. The SMILES string of the molecule is CNCC1CCN(Cc2noc(-c3cccc(C)c3)n2)C1. The minimum Gasteiger partial charge on any atom is -0.334 e. The van der Waals surface area contributed by atoms with Crippen molar-refractivity contribution in [1.82, 2.24) is 20.4 Å². The standard InChI is InChI=1S/C16H22N4O/c1-12-4-3-5-14(8-12)16-18-15(19-21-16)11-20-7-6-13(10-20)9-17-2/h3-5,8,13,17H,6-7,9-11H2,1-2H3. The maximum absolute atomic E-state index is 5.39. The molecule has 5 nitrogen and oxygen atoms in total. The van der Waals surface area contributed by atoms with Gasteiger partial charge in [-0.25, -0.2) is 0 Å².